The van der Waals surface area contributed by atoms with Gasteiger partial charge in [-0.2, -0.15) is 13.2 Å². The maximum Gasteiger partial charge on any atom is 0.451 e. The normalized spacial score (nSPS) is 12.9. The fourth-order valence-corrected chi connectivity index (χ4v) is 1.45. The number of nitrogens with zero attached hydrogens (tertiary/aromatic N) is 2. The highest BCUT2D eigenvalue weighted by molar-refractivity contribution is 6.29. The van der Waals surface area contributed by atoms with Crippen LogP contribution in [-0.2, 0) is 15.7 Å². The zero-order valence-corrected chi connectivity index (χ0v) is 10.8. The number of rotatable bonds is 4. The van der Waals surface area contributed by atoms with Gasteiger partial charge < -0.3 is 10.1 Å². The van der Waals surface area contributed by atoms with Crippen molar-refractivity contribution < 1.29 is 22.7 Å². The number of carbonyl (C=O) groups excluding carboxylic acids is 1. The topological polar surface area (TPSA) is 64.1 Å². The molecule has 1 atom stereocenters. The first-order valence-electron chi connectivity index (χ1n) is 5.24. The van der Waals surface area contributed by atoms with Gasteiger partial charge in [-0.15, -0.1) is 0 Å². The molecule has 1 aromatic rings. The third-order valence-corrected chi connectivity index (χ3v) is 2.36. The van der Waals surface area contributed by atoms with E-state index in [0.717, 1.165) is 6.07 Å². The second-order valence-electron chi connectivity index (χ2n) is 3.53. The van der Waals surface area contributed by atoms with Gasteiger partial charge in [0.25, 0.3) is 0 Å². The number of halogens is 4. The van der Waals surface area contributed by atoms with Gasteiger partial charge in [0.1, 0.15) is 17.0 Å². The van der Waals surface area contributed by atoms with Crippen LogP contribution in [0.2, 0.25) is 5.15 Å². The molecule has 0 aromatic carbocycles. The molecule has 0 bridgehead atoms. The third-order valence-electron chi connectivity index (χ3n) is 2.16. The molecule has 5 nitrogen and oxygen atoms in total. The van der Waals surface area contributed by atoms with Gasteiger partial charge in [0.15, 0.2) is 0 Å². The van der Waals surface area contributed by atoms with E-state index >= 15 is 0 Å². The standard InChI is InChI=1S/C10H11ClF3N3O2/c1-3-5(8(18)19-2)15-7-4-6(11)16-9(17-7)10(12,13)14/h4-5H,3H2,1-2H3,(H,15,16,17). The van der Waals surface area contributed by atoms with E-state index in [-0.39, 0.29) is 11.0 Å². The number of carbonyl (C=O) groups is 1. The Morgan fingerprint density at radius 1 is 1.53 bits per heavy atom. The van der Waals surface area contributed by atoms with E-state index in [2.05, 4.69) is 20.0 Å². The molecule has 0 spiro atoms. The summed E-state index contributed by atoms with van der Waals surface area (Å²) >= 11 is 5.49. The zero-order valence-electron chi connectivity index (χ0n) is 10.1. The first kappa shape index (κ1) is 15.5. The maximum atomic E-state index is 12.5. The Kier molecular flexibility index (Phi) is 4.93. The first-order valence-corrected chi connectivity index (χ1v) is 5.61. The maximum absolute atomic E-state index is 12.5. The van der Waals surface area contributed by atoms with Crippen molar-refractivity contribution in [3.63, 3.8) is 0 Å². The van der Waals surface area contributed by atoms with Crippen LogP contribution in [0.3, 0.4) is 0 Å². The highest BCUT2D eigenvalue weighted by atomic mass is 35.5. The predicted molar refractivity (Wildman–Crippen MR) is 61.8 cm³/mol. The lowest BCUT2D eigenvalue weighted by molar-refractivity contribution is -0.144. The molecule has 1 heterocycles. The number of nitrogens with one attached hydrogen (secondary N) is 1. The Bertz CT molecular complexity index is 468. The van der Waals surface area contributed by atoms with Gasteiger partial charge in [-0.25, -0.2) is 14.8 Å². The Morgan fingerprint density at radius 3 is 2.63 bits per heavy atom. The van der Waals surface area contributed by atoms with Crippen molar-refractivity contribution in [2.24, 2.45) is 0 Å². The lowest BCUT2D eigenvalue weighted by Crippen LogP contribution is -2.30. The monoisotopic (exact) mass is 297 g/mol. The average molecular weight is 298 g/mol. The van der Waals surface area contributed by atoms with E-state index in [4.69, 9.17) is 11.6 Å². The minimum atomic E-state index is -4.71. The largest absolute Gasteiger partial charge is 0.467 e. The summed E-state index contributed by atoms with van der Waals surface area (Å²) in [5.41, 5.74) is 0. The first-order chi connectivity index (χ1) is 8.77. The number of ether oxygens (including phenoxy) is 1. The summed E-state index contributed by atoms with van der Waals surface area (Å²) in [7, 11) is 1.18. The second kappa shape index (κ2) is 6.05. The van der Waals surface area contributed by atoms with E-state index in [1.54, 1.807) is 6.92 Å². The Balaban J connectivity index is 3.01. The van der Waals surface area contributed by atoms with Crippen LogP contribution < -0.4 is 5.32 Å². The summed E-state index contributed by atoms with van der Waals surface area (Å²) < 4.78 is 42.0. The van der Waals surface area contributed by atoms with Crippen LogP contribution in [-0.4, -0.2) is 29.1 Å². The highest BCUT2D eigenvalue weighted by Gasteiger charge is 2.35. The van der Waals surface area contributed by atoms with Gasteiger partial charge in [0.05, 0.1) is 7.11 Å². The van der Waals surface area contributed by atoms with Gasteiger partial charge in [-0.1, -0.05) is 18.5 Å². The van der Waals surface area contributed by atoms with Crippen LogP contribution in [0.15, 0.2) is 6.07 Å². The number of anilines is 1. The van der Waals surface area contributed by atoms with Crippen molar-refractivity contribution in [1.82, 2.24) is 9.97 Å². The van der Waals surface area contributed by atoms with Gasteiger partial charge in [0, 0.05) is 6.07 Å². The second-order valence-corrected chi connectivity index (χ2v) is 3.91. The zero-order chi connectivity index (χ0) is 14.6. The molecule has 0 saturated carbocycles. The molecule has 1 rings (SSSR count). The molecule has 0 radical (unpaired) electrons. The summed E-state index contributed by atoms with van der Waals surface area (Å²) in [6.45, 7) is 1.67. The molecule has 19 heavy (non-hydrogen) atoms. The van der Waals surface area contributed by atoms with Gasteiger partial charge in [-0.05, 0) is 6.42 Å². The average Bonchev–Trinajstić information content (AvgIpc) is 2.33. The van der Waals surface area contributed by atoms with Crippen LogP contribution in [0.1, 0.15) is 19.2 Å². The molecule has 1 N–H and O–H groups in total. The number of methoxy groups -OCH3 is 1. The molecule has 0 amide bonds. The smallest absolute Gasteiger partial charge is 0.451 e. The third kappa shape index (κ3) is 4.23. The van der Waals surface area contributed by atoms with Crippen molar-refractivity contribution in [2.45, 2.75) is 25.6 Å². The predicted octanol–water partition coefficient (Wildman–Crippen LogP) is 2.51. The molecule has 106 valence electrons. The van der Waals surface area contributed by atoms with Crippen LogP contribution >= 0.6 is 11.6 Å². The quantitative estimate of drug-likeness (QED) is 0.683. The van der Waals surface area contributed by atoms with Crippen LogP contribution in [0.4, 0.5) is 19.0 Å². The fraction of sp³-hybridized carbons (Fsp3) is 0.500. The molecular formula is C10H11ClF3N3O2. The lowest BCUT2D eigenvalue weighted by Gasteiger charge is -2.16. The molecule has 0 aliphatic rings. The van der Waals surface area contributed by atoms with Gasteiger partial charge >= 0.3 is 12.1 Å². The SMILES string of the molecule is CCC(Nc1cc(Cl)nc(C(F)(F)F)n1)C(=O)OC. The minimum absolute atomic E-state index is 0.190. The fourth-order valence-electron chi connectivity index (χ4n) is 1.27. The number of hydrogen-bond donors (Lipinski definition) is 1. The van der Waals surface area contributed by atoms with Crippen molar-refractivity contribution in [1.29, 1.82) is 0 Å². The molecule has 9 heteroatoms. The van der Waals surface area contributed by atoms with Gasteiger partial charge in [-0.3, -0.25) is 0 Å². The van der Waals surface area contributed by atoms with Crippen LogP contribution in [0, 0.1) is 0 Å². The van der Waals surface area contributed by atoms with E-state index in [1.165, 1.54) is 7.11 Å². The highest BCUT2D eigenvalue weighted by Crippen LogP contribution is 2.28. The number of alkyl halides is 3. The molecular weight excluding hydrogens is 287 g/mol. The number of aromatic nitrogens is 2. The van der Waals surface area contributed by atoms with E-state index in [1.807, 2.05) is 0 Å². The molecule has 0 aliphatic carbocycles. The summed E-state index contributed by atoms with van der Waals surface area (Å²) in [6, 6.07) is 0.291. The van der Waals surface area contributed by atoms with Crippen molar-refractivity contribution >= 4 is 23.4 Å². The molecule has 0 fully saturated rings. The molecule has 0 aliphatic heterocycles. The lowest BCUT2D eigenvalue weighted by atomic mass is 10.2. The molecule has 1 aromatic heterocycles. The summed E-state index contributed by atoms with van der Waals surface area (Å²) in [4.78, 5) is 17.7. The number of esters is 1. The molecule has 0 saturated heterocycles. The Hall–Kier alpha value is -1.57. The summed E-state index contributed by atoms with van der Waals surface area (Å²) in [5, 5.41) is 2.15. The van der Waals surface area contributed by atoms with Crippen LogP contribution in [0.25, 0.3) is 0 Å². The molecule has 1 unspecified atom stereocenters. The minimum Gasteiger partial charge on any atom is -0.467 e. The van der Waals surface area contributed by atoms with Crippen molar-refractivity contribution in [3.8, 4) is 0 Å². The van der Waals surface area contributed by atoms with E-state index in [9.17, 15) is 18.0 Å². The van der Waals surface area contributed by atoms with E-state index in [0.29, 0.717) is 6.42 Å². The van der Waals surface area contributed by atoms with Crippen LogP contribution in [0.5, 0.6) is 0 Å². The summed E-state index contributed by atoms with van der Waals surface area (Å²) in [5.74, 6) is -2.17. The Morgan fingerprint density at radius 2 is 2.16 bits per heavy atom. The van der Waals surface area contributed by atoms with Crippen molar-refractivity contribution in [3.05, 3.63) is 17.0 Å². The van der Waals surface area contributed by atoms with Gasteiger partial charge in [0.2, 0.25) is 5.82 Å². The summed E-state index contributed by atoms with van der Waals surface area (Å²) in [6.07, 6.45) is -4.40. The van der Waals surface area contributed by atoms with E-state index < -0.39 is 24.0 Å². The number of hydrogen-bond acceptors (Lipinski definition) is 5. The Labute approximate surface area is 112 Å². The van der Waals surface area contributed by atoms with Crippen molar-refractivity contribution in [2.75, 3.05) is 12.4 Å².